The minimum Gasteiger partial charge on any atom is -0.460 e. The average Bonchev–Trinajstić information content (AvgIpc) is 2.55. The molecule has 5 nitrogen and oxygen atoms in total. The maximum atomic E-state index is 11.5. The van der Waals surface area contributed by atoms with E-state index < -0.39 is 0 Å². The molecule has 1 aromatic rings. The van der Waals surface area contributed by atoms with Gasteiger partial charge in [0.1, 0.15) is 6.61 Å². The van der Waals surface area contributed by atoms with Gasteiger partial charge in [-0.2, -0.15) is 11.8 Å². The zero-order chi connectivity index (χ0) is 15.9. The first kappa shape index (κ1) is 23.0. The molecule has 0 aliphatic rings. The molecule has 1 rings (SSSR count). The molecule has 7 heteroatoms. The van der Waals surface area contributed by atoms with E-state index in [0.717, 1.165) is 17.7 Å². The zero-order valence-corrected chi connectivity index (χ0v) is 17.0. The molecule has 0 spiro atoms. The van der Waals surface area contributed by atoms with Gasteiger partial charge in [-0.1, -0.05) is 30.3 Å². The number of hydrogen-bond acceptors (Lipinski definition) is 6. The number of aliphatic hydroxyl groups is 1. The molecule has 0 unspecified atom stereocenters. The topological polar surface area (TPSA) is 65.0 Å². The summed E-state index contributed by atoms with van der Waals surface area (Å²) >= 11 is 1.55. The van der Waals surface area contributed by atoms with Gasteiger partial charge >= 0.3 is 5.97 Å². The number of carbonyl (C=O) groups excluding carboxylic acids is 1. The number of benzene rings is 1. The van der Waals surface area contributed by atoms with E-state index in [9.17, 15) is 4.79 Å². The molecular weight excluding hydrogens is 393 g/mol. The molecular formula is C16H24O5SY. The van der Waals surface area contributed by atoms with Gasteiger partial charge in [0, 0.05) is 39.3 Å². The first-order valence-electron chi connectivity index (χ1n) is 7.36. The summed E-state index contributed by atoms with van der Waals surface area (Å²) in [5.74, 6) is 1.04. The van der Waals surface area contributed by atoms with Gasteiger partial charge in [-0.3, -0.25) is 4.79 Å². The number of carbonyl (C=O) groups is 1. The summed E-state index contributed by atoms with van der Waals surface area (Å²) in [5, 5.41) is 8.51. The zero-order valence-electron chi connectivity index (χ0n) is 13.3. The van der Waals surface area contributed by atoms with Gasteiger partial charge in [0.05, 0.1) is 32.2 Å². The van der Waals surface area contributed by atoms with E-state index in [-0.39, 0.29) is 45.3 Å². The van der Waals surface area contributed by atoms with E-state index in [1.165, 1.54) is 0 Å². The number of hydrogen-bond donors (Lipinski definition) is 1. The van der Waals surface area contributed by atoms with Gasteiger partial charge in [-0.05, 0) is 17.7 Å². The van der Waals surface area contributed by atoms with Gasteiger partial charge in [-0.15, -0.1) is 0 Å². The monoisotopic (exact) mass is 417 g/mol. The minimum absolute atomic E-state index is 0. The molecule has 0 aromatic heterocycles. The summed E-state index contributed by atoms with van der Waals surface area (Å²) in [6.07, 6.45) is 0.886. The van der Waals surface area contributed by atoms with Crippen molar-refractivity contribution in [1.82, 2.24) is 0 Å². The molecule has 0 bridgehead atoms. The fourth-order valence-electron chi connectivity index (χ4n) is 1.58. The van der Waals surface area contributed by atoms with Crippen molar-refractivity contribution in [2.75, 3.05) is 44.5 Å². The van der Waals surface area contributed by atoms with Gasteiger partial charge in [0.25, 0.3) is 0 Å². The van der Waals surface area contributed by atoms with Crippen molar-refractivity contribution in [3.63, 3.8) is 0 Å². The molecule has 23 heavy (non-hydrogen) atoms. The summed E-state index contributed by atoms with van der Waals surface area (Å²) in [7, 11) is 0. The molecule has 0 aliphatic heterocycles. The van der Waals surface area contributed by atoms with Crippen LogP contribution in [0.4, 0.5) is 0 Å². The van der Waals surface area contributed by atoms with Crippen LogP contribution in [0.1, 0.15) is 12.0 Å². The molecule has 0 fully saturated rings. The summed E-state index contributed by atoms with van der Waals surface area (Å²) in [4.78, 5) is 11.5. The van der Waals surface area contributed by atoms with Crippen LogP contribution in [-0.4, -0.2) is 55.6 Å². The van der Waals surface area contributed by atoms with Gasteiger partial charge in [0.15, 0.2) is 0 Å². The van der Waals surface area contributed by atoms with Crippen molar-refractivity contribution >= 4 is 17.7 Å². The Bertz CT molecular complexity index is 391. The van der Waals surface area contributed by atoms with Crippen LogP contribution in [0.25, 0.3) is 0 Å². The Morgan fingerprint density at radius 1 is 1.04 bits per heavy atom. The van der Waals surface area contributed by atoms with Crippen LogP contribution < -0.4 is 0 Å². The summed E-state index contributed by atoms with van der Waals surface area (Å²) in [6, 6.07) is 9.64. The Kier molecular flexibility index (Phi) is 16.9. The van der Waals surface area contributed by atoms with Crippen LogP contribution in [-0.2, 0) is 58.3 Å². The summed E-state index contributed by atoms with van der Waals surface area (Å²) < 4.78 is 15.6. The van der Waals surface area contributed by atoms with Crippen LogP contribution in [0.15, 0.2) is 30.3 Å². The third-order valence-electron chi connectivity index (χ3n) is 2.65. The largest absolute Gasteiger partial charge is 0.460 e. The van der Waals surface area contributed by atoms with E-state index in [1.54, 1.807) is 11.8 Å². The van der Waals surface area contributed by atoms with Crippen LogP contribution in [0.3, 0.4) is 0 Å². The fraction of sp³-hybridized carbons (Fsp3) is 0.562. The van der Waals surface area contributed by atoms with Crippen molar-refractivity contribution in [3.05, 3.63) is 35.9 Å². The molecule has 1 N–H and O–H groups in total. The van der Waals surface area contributed by atoms with Crippen molar-refractivity contribution in [1.29, 1.82) is 0 Å². The molecule has 1 radical (unpaired) electrons. The minimum atomic E-state index is -0.188. The number of esters is 1. The Labute approximate surface area is 167 Å². The van der Waals surface area contributed by atoms with E-state index in [1.807, 2.05) is 30.3 Å². The van der Waals surface area contributed by atoms with Crippen LogP contribution >= 0.6 is 11.8 Å². The van der Waals surface area contributed by atoms with Crippen LogP contribution in [0, 0.1) is 0 Å². The molecule has 0 saturated carbocycles. The summed E-state index contributed by atoms with van der Waals surface area (Å²) in [5.41, 5.74) is 0.998. The van der Waals surface area contributed by atoms with Crippen molar-refractivity contribution in [2.24, 2.45) is 0 Å². The fourth-order valence-corrected chi connectivity index (χ4v) is 2.30. The summed E-state index contributed by atoms with van der Waals surface area (Å²) in [6.45, 7) is 2.40. The Morgan fingerprint density at radius 3 is 2.43 bits per heavy atom. The second-order valence-electron chi connectivity index (χ2n) is 4.50. The quantitative estimate of drug-likeness (QED) is 0.391. The molecule has 0 atom stereocenters. The van der Waals surface area contributed by atoms with Crippen molar-refractivity contribution in [2.45, 2.75) is 13.0 Å². The first-order valence-corrected chi connectivity index (χ1v) is 8.52. The maximum Gasteiger partial charge on any atom is 0.316 e. The second-order valence-corrected chi connectivity index (χ2v) is 5.61. The van der Waals surface area contributed by atoms with Crippen molar-refractivity contribution < 1.29 is 56.8 Å². The Morgan fingerprint density at radius 2 is 1.74 bits per heavy atom. The van der Waals surface area contributed by atoms with Crippen LogP contribution in [0.5, 0.6) is 0 Å². The predicted molar refractivity (Wildman–Crippen MR) is 86.9 cm³/mol. The number of aliphatic hydroxyl groups excluding tert-OH is 1. The standard InChI is InChI=1S/C16H24O5S.Y/c17-7-9-20-11-10-19-8-4-12-22-14-16(18)21-13-15-5-2-1-3-6-15;/h1-3,5-6,17H,4,7-14H2;. The van der Waals surface area contributed by atoms with Gasteiger partial charge in [0.2, 0.25) is 0 Å². The number of ether oxygens (including phenoxy) is 3. The molecule has 127 valence electrons. The first-order chi connectivity index (χ1) is 10.8. The van der Waals surface area contributed by atoms with E-state index in [0.29, 0.717) is 38.8 Å². The molecule has 0 amide bonds. The average molecular weight is 417 g/mol. The SMILES string of the molecule is O=C(CSCCCOCCOCCO)OCc1ccccc1.[Y]. The van der Waals surface area contributed by atoms with Gasteiger partial charge in [-0.25, -0.2) is 0 Å². The third kappa shape index (κ3) is 14.1. The Hall–Kier alpha value is 0.0239. The van der Waals surface area contributed by atoms with Gasteiger partial charge < -0.3 is 19.3 Å². The number of thioether (sulfide) groups is 1. The Balaban J connectivity index is 0.00000484. The molecule has 1 aromatic carbocycles. The normalized spacial score (nSPS) is 10.1. The van der Waals surface area contributed by atoms with E-state index in [2.05, 4.69) is 0 Å². The number of rotatable bonds is 13. The predicted octanol–water partition coefficient (Wildman–Crippen LogP) is 1.88. The van der Waals surface area contributed by atoms with Crippen molar-refractivity contribution in [3.8, 4) is 0 Å². The smallest absolute Gasteiger partial charge is 0.316 e. The molecule has 0 saturated heterocycles. The molecule has 0 aliphatic carbocycles. The second kappa shape index (κ2) is 16.9. The maximum absolute atomic E-state index is 11.5. The van der Waals surface area contributed by atoms with E-state index >= 15 is 0 Å². The third-order valence-corrected chi connectivity index (χ3v) is 3.66. The van der Waals surface area contributed by atoms with E-state index in [4.69, 9.17) is 19.3 Å². The molecule has 0 heterocycles. The van der Waals surface area contributed by atoms with Crippen LogP contribution in [0.2, 0.25) is 0 Å².